The van der Waals surface area contributed by atoms with Gasteiger partial charge in [-0.15, -0.1) is 49.4 Å². The average Bonchev–Trinajstić information content (AvgIpc) is 2.48. The van der Waals surface area contributed by atoms with Gasteiger partial charge in [0, 0.05) is 25.7 Å². The van der Waals surface area contributed by atoms with Gasteiger partial charge in [0.15, 0.2) is 0 Å². The van der Waals surface area contributed by atoms with Gasteiger partial charge in [-0.3, -0.25) is 0 Å². The molecule has 1 aromatic rings. The summed E-state index contributed by atoms with van der Waals surface area (Å²) in [6, 6.07) is 7.56. The molecule has 0 aromatic heterocycles. The maximum atomic E-state index is 6.39. The lowest BCUT2D eigenvalue weighted by Gasteiger charge is -2.30. The second kappa shape index (κ2) is 7.41. The fraction of sp³-hybridized carbons (Fsp3) is 0.300. The van der Waals surface area contributed by atoms with Crippen LogP contribution in [0.3, 0.4) is 0 Å². The standard InChI is InChI=1S/C20H20N2/c1-5-12-19(21,13-6-2)17-10-9-11-18(16-17)20(22,14-7-3)15-8-4/h1-4,9-11,16H,12-15,21-22H2. The molecular formula is C20H20N2. The van der Waals surface area contributed by atoms with Crippen molar-refractivity contribution >= 4 is 0 Å². The first-order valence-corrected chi connectivity index (χ1v) is 6.88. The van der Waals surface area contributed by atoms with Gasteiger partial charge in [0.25, 0.3) is 0 Å². The highest BCUT2D eigenvalue weighted by Crippen LogP contribution is 2.31. The highest BCUT2D eigenvalue weighted by molar-refractivity contribution is 5.36. The topological polar surface area (TPSA) is 52.0 Å². The summed E-state index contributed by atoms with van der Waals surface area (Å²) in [5, 5.41) is 0. The molecular weight excluding hydrogens is 268 g/mol. The Morgan fingerprint density at radius 2 is 1.05 bits per heavy atom. The fourth-order valence-corrected chi connectivity index (χ4v) is 2.40. The summed E-state index contributed by atoms with van der Waals surface area (Å²) >= 11 is 0. The zero-order valence-corrected chi connectivity index (χ0v) is 12.6. The molecule has 0 heterocycles. The third-order valence-electron chi connectivity index (χ3n) is 3.68. The predicted octanol–water partition coefficient (Wildman–Crippen LogP) is 2.09. The average molecular weight is 288 g/mol. The molecule has 0 radical (unpaired) electrons. The van der Waals surface area contributed by atoms with E-state index in [1.54, 1.807) is 0 Å². The third-order valence-corrected chi connectivity index (χ3v) is 3.68. The number of hydrogen-bond acceptors (Lipinski definition) is 2. The summed E-state index contributed by atoms with van der Waals surface area (Å²) in [7, 11) is 0. The van der Waals surface area contributed by atoms with Crippen LogP contribution >= 0.6 is 0 Å². The summed E-state index contributed by atoms with van der Waals surface area (Å²) in [6.07, 6.45) is 23.0. The van der Waals surface area contributed by atoms with Gasteiger partial charge in [-0.05, 0) is 11.1 Å². The Labute approximate surface area is 133 Å². The van der Waals surface area contributed by atoms with Crippen molar-refractivity contribution in [2.45, 2.75) is 36.8 Å². The van der Waals surface area contributed by atoms with E-state index in [2.05, 4.69) is 23.7 Å². The van der Waals surface area contributed by atoms with Crippen LogP contribution in [0.25, 0.3) is 0 Å². The van der Waals surface area contributed by atoms with Gasteiger partial charge >= 0.3 is 0 Å². The van der Waals surface area contributed by atoms with Gasteiger partial charge in [0.05, 0.1) is 11.1 Å². The smallest absolute Gasteiger partial charge is 0.0630 e. The summed E-state index contributed by atoms with van der Waals surface area (Å²) in [5.41, 5.74) is 12.9. The maximum Gasteiger partial charge on any atom is 0.0630 e. The Kier molecular flexibility index (Phi) is 5.87. The van der Waals surface area contributed by atoms with Gasteiger partial charge in [0.1, 0.15) is 0 Å². The molecule has 22 heavy (non-hydrogen) atoms. The third kappa shape index (κ3) is 3.73. The lowest BCUT2D eigenvalue weighted by atomic mass is 9.79. The molecule has 0 spiro atoms. The van der Waals surface area contributed by atoms with Gasteiger partial charge in [-0.1, -0.05) is 24.3 Å². The molecule has 0 aliphatic heterocycles. The largest absolute Gasteiger partial charge is 0.320 e. The van der Waals surface area contributed by atoms with Crippen molar-refractivity contribution in [2.24, 2.45) is 11.5 Å². The zero-order chi connectivity index (χ0) is 16.6. The highest BCUT2D eigenvalue weighted by atomic mass is 14.7. The Morgan fingerprint density at radius 1 is 0.727 bits per heavy atom. The van der Waals surface area contributed by atoms with E-state index in [-0.39, 0.29) is 0 Å². The molecule has 0 amide bonds. The molecule has 0 saturated heterocycles. The lowest BCUT2D eigenvalue weighted by molar-refractivity contribution is 0.453. The van der Waals surface area contributed by atoms with E-state index in [1.165, 1.54) is 0 Å². The molecule has 0 aliphatic carbocycles. The van der Waals surface area contributed by atoms with Gasteiger partial charge in [-0.25, -0.2) is 0 Å². The SMILES string of the molecule is C#CCC(N)(CC#C)c1cccc(C(N)(CC#C)CC#C)c1. The number of terminal acetylenes is 4. The molecule has 4 N–H and O–H groups in total. The normalized spacial score (nSPS) is 10.8. The monoisotopic (exact) mass is 288 g/mol. The first-order valence-electron chi connectivity index (χ1n) is 6.88. The van der Waals surface area contributed by atoms with Crippen molar-refractivity contribution in [3.05, 3.63) is 35.4 Å². The fourth-order valence-electron chi connectivity index (χ4n) is 2.40. The van der Waals surface area contributed by atoms with Crippen molar-refractivity contribution < 1.29 is 0 Å². The van der Waals surface area contributed by atoms with E-state index in [1.807, 2.05) is 24.3 Å². The number of hydrogen-bond donors (Lipinski definition) is 2. The molecule has 1 aromatic carbocycles. The maximum absolute atomic E-state index is 6.39. The second-order valence-electron chi connectivity index (χ2n) is 5.42. The minimum atomic E-state index is -0.785. The van der Waals surface area contributed by atoms with E-state index in [4.69, 9.17) is 37.2 Å². The molecule has 2 heteroatoms. The first-order chi connectivity index (χ1) is 10.5. The quantitative estimate of drug-likeness (QED) is 0.788. The molecule has 2 nitrogen and oxygen atoms in total. The van der Waals surface area contributed by atoms with Gasteiger partial charge in [-0.2, -0.15) is 0 Å². The van der Waals surface area contributed by atoms with E-state index in [9.17, 15) is 0 Å². The van der Waals surface area contributed by atoms with Gasteiger partial charge < -0.3 is 11.5 Å². The Hall–Kier alpha value is -2.62. The summed E-state index contributed by atoms with van der Waals surface area (Å²) < 4.78 is 0. The molecule has 0 unspecified atom stereocenters. The summed E-state index contributed by atoms with van der Waals surface area (Å²) in [5.74, 6) is 10.3. The lowest BCUT2D eigenvalue weighted by Crippen LogP contribution is -2.38. The number of nitrogens with two attached hydrogens (primary N) is 2. The molecule has 0 fully saturated rings. The highest BCUT2D eigenvalue weighted by Gasteiger charge is 2.30. The van der Waals surface area contributed by atoms with Gasteiger partial charge in [0.2, 0.25) is 0 Å². The van der Waals surface area contributed by atoms with E-state index in [0.717, 1.165) is 11.1 Å². The van der Waals surface area contributed by atoms with Crippen molar-refractivity contribution in [2.75, 3.05) is 0 Å². The van der Waals surface area contributed by atoms with Crippen LogP contribution < -0.4 is 11.5 Å². The van der Waals surface area contributed by atoms with E-state index < -0.39 is 11.1 Å². The summed E-state index contributed by atoms with van der Waals surface area (Å²) in [4.78, 5) is 0. The Balaban J connectivity index is 3.35. The Bertz CT molecular complexity index is 597. The number of rotatable bonds is 6. The van der Waals surface area contributed by atoms with Crippen LogP contribution in [0.4, 0.5) is 0 Å². The van der Waals surface area contributed by atoms with Crippen molar-refractivity contribution in [3.63, 3.8) is 0 Å². The van der Waals surface area contributed by atoms with Crippen LogP contribution in [0, 0.1) is 49.4 Å². The van der Waals surface area contributed by atoms with Crippen molar-refractivity contribution in [1.82, 2.24) is 0 Å². The minimum Gasteiger partial charge on any atom is -0.320 e. The molecule has 0 saturated carbocycles. The molecule has 0 atom stereocenters. The van der Waals surface area contributed by atoms with Crippen molar-refractivity contribution in [3.8, 4) is 49.4 Å². The summed E-state index contributed by atoms with van der Waals surface area (Å²) in [6.45, 7) is 0. The predicted molar refractivity (Wildman–Crippen MR) is 92.0 cm³/mol. The van der Waals surface area contributed by atoms with Crippen LogP contribution in [-0.2, 0) is 11.1 Å². The zero-order valence-electron chi connectivity index (χ0n) is 12.6. The molecule has 110 valence electrons. The molecule has 1 rings (SSSR count). The minimum absolute atomic E-state index is 0.336. The molecule has 0 aliphatic rings. The Morgan fingerprint density at radius 3 is 1.32 bits per heavy atom. The molecule has 0 bridgehead atoms. The van der Waals surface area contributed by atoms with Crippen LogP contribution in [0.5, 0.6) is 0 Å². The van der Waals surface area contributed by atoms with Crippen LogP contribution in [0.2, 0.25) is 0 Å². The van der Waals surface area contributed by atoms with Crippen LogP contribution in [-0.4, -0.2) is 0 Å². The van der Waals surface area contributed by atoms with Crippen LogP contribution in [0.1, 0.15) is 36.8 Å². The number of benzene rings is 1. The van der Waals surface area contributed by atoms with Crippen molar-refractivity contribution in [1.29, 1.82) is 0 Å². The van der Waals surface area contributed by atoms with Crippen LogP contribution in [0.15, 0.2) is 24.3 Å². The van der Waals surface area contributed by atoms with E-state index in [0.29, 0.717) is 25.7 Å². The van der Waals surface area contributed by atoms with E-state index >= 15 is 0 Å². The second-order valence-corrected chi connectivity index (χ2v) is 5.42. The first kappa shape index (κ1) is 17.4.